The van der Waals surface area contributed by atoms with Gasteiger partial charge in [0.15, 0.2) is 0 Å². The highest BCUT2D eigenvalue weighted by molar-refractivity contribution is 6.99. The van der Waals surface area contributed by atoms with Crippen molar-refractivity contribution in [3.63, 3.8) is 0 Å². The third kappa shape index (κ3) is 3.79. The Morgan fingerprint density at radius 2 is 1.55 bits per heavy atom. The quantitative estimate of drug-likeness (QED) is 0.540. The zero-order valence-corrected chi connectivity index (χ0v) is 18.6. The van der Waals surface area contributed by atoms with Crippen molar-refractivity contribution in [3.8, 4) is 0 Å². The Bertz CT molecular complexity index is 807. The van der Waals surface area contributed by atoms with Gasteiger partial charge in [0, 0.05) is 12.8 Å². The number of rotatable bonds is 6. The summed E-state index contributed by atoms with van der Waals surface area (Å²) < 4.78 is 18.4. The Morgan fingerprint density at radius 1 is 1.00 bits per heavy atom. The number of carbonyl (C=O) groups excluding carboxylic acids is 1. The minimum absolute atomic E-state index is 0.0222. The lowest BCUT2D eigenvalue weighted by Gasteiger charge is -2.43. The Labute approximate surface area is 174 Å². The van der Waals surface area contributed by atoms with Crippen LogP contribution in [0.25, 0.3) is 0 Å². The van der Waals surface area contributed by atoms with Crippen LogP contribution >= 0.6 is 0 Å². The number of benzene rings is 2. The van der Waals surface area contributed by atoms with Gasteiger partial charge in [0.1, 0.15) is 0 Å². The van der Waals surface area contributed by atoms with Gasteiger partial charge >= 0.3 is 5.97 Å². The van der Waals surface area contributed by atoms with Crippen molar-refractivity contribution in [1.29, 1.82) is 0 Å². The first-order valence-electron chi connectivity index (χ1n) is 10.4. The Kier molecular flexibility index (Phi) is 5.40. The highest BCUT2D eigenvalue weighted by atomic mass is 28.4. The fourth-order valence-electron chi connectivity index (χ4n) is 4.76. The molecule has 5 heteroatoms. The lowest BCUT2D eigenvalue weighted by Crippen LogP contribution is -2.67. The van der Waals surface area contributed by atoms with E-state index in [9.17, 15) is 4.79 Å². The van der Waals surface area contributed by atoms with E-state index in [1.807, 2.05) is 0 Å². The summed E-state index contributed by atoms with van der Waals surface area (Å²) in [7, 11) is -2.57. The van der Waals surface area contributed by atoms with Gasteiger partial charge in [0.25, 0.3) is 8.32 Å². The van der Waals surface area contributed by atoms with Crippen LogP contribution < -0.4 is 10.4 Å². The standard InChI is InChI=1S/C24H30O4Si/c1-17(25)27-23-21-15-20(21)22(28-23)16-26-29(24(2,3)4,18-11-7-5-8-12-18)19-13-9-6-10-14-19/h5-14,20-23H,15-16H2,1-4H3/t20-,21+,22-,23?/m0/s1. The summed E-state index contributed by atoms with van der Waals surface area (Å²) in [5.41, 5.74) is 0. The minimum Gasteiger partial charge on any atom is -0.436 e. The molecule has 4 atom stereocenters. The number of carbonyl (C=O) groups is 1. The predicted octanol–water partition coefficient (Wildman–Crippen LogP) is 3.49. The van der Waals surface area contributed by atoms with E-state index in [1.165, 1.54) is 17.3 Å². The summed E-state index contributed by atoms with van der Waals surface area (Å²) in [5, 5.41) is 2.47. The molecule has 0 bridgehead atoms. The molecule has 1 saturated carbocycles. The van der Waals surface area contributed by atoms with E-state index >= 15 is 0 Å². The first-order valence-corrected chi connectivity index (χ1v) is 12.3. The van der Waals surface area contributed by atoms with Gasteiger partial charge < -0.3 is 13.9 Å². The Balaban J connectivity index is 1.64. The fourth-order valence-corrected chi connectivity index (χ4v) is 9.33. The smallest absolute Gasteiger partial charge is 0.304 e. The molecule has 2 fully saturated rings. The number of hydrogen-bond donors (Lipinski definition) is 0. The Hall–Kier alpha value is -1.95. The molecular formula is C24H30O4Si. The minimum atomic E-state index is -2.57. The summed E-state index contributed by atoms with van der Waals surface area (Å²) in [5.74, 6) is 0.471. The number of esters is 1. The van der Waals surface area contributed by atoms with Crippen molar-refractivity contribution in [1.82, 2.24) is 0 Å². The summed E-state index contributed by atoms with van der Waals surface area (Å²) in [6.45, 7) is 8.78. The SMILES string of the molecule is CC(=O)OC1O[C@@H](CO[Si](c2ccccc2)(c2ccccc2)C(C)(C)C)[C@H]2C[C@@H]12. The maximum Gasteiger partial charge on any atom is 0.304 e. The molecule has 2 aromatic rings. The molecule has 1 saturated heterocycles. The second-order valence-electron chi connectivity index (χ2n) is 9.19. The van der Waals surface area contributed by atoms with E-state index in [4.69, 9.17) is 13.9 Å². The molecule has 4 rings (SSSR count). The second-order valence-corrected chi connectivity index (χ2v) is 13.5. The molecule has 0 aromatic heterocycles. The largest absolute Gasteiger partial charge is 0.436 e. The monoisotopic (exact) mass is 410 g/mol. The fraction of sp³-hybridized carbons (Fsp3) is 0.458. The van der Waals surface area contributed by atoms with E-state index in [1.54, 1.807) is 0 Å². The van der Waals surface area contributed by atoms with Crippen molar-refractivity contribution in [3.05, 3.63) is 60.7 Å². The van der Waals surface area contributed by atoms with Gasteiger partial charge in [-0.05, 0) is 27.8 Å². The number of ether oxygens (including phenoxy) is 2. The number of hydrogen-bond acceptors (Lipinski definition) is 4. The van der Waals surface area contributed by atoms with Crippen LogP contribution in [0.4, 0.5) is 0 Å². The molecule has 1 unspecified atom stereocenters. The summed E-state index contributed by atoms with van der Waals surface area (Å²) in [4.78, 5) is 11.4. The lowest BCUT2D eigenvalue weighted by molar-refractivity contribution is -0.182. The van der Waals surface area contributed by atoms with E-state index in [0.717, 1.165) is 6.42 Å². The molecule has 1 aliphatic heterocycles. The van der Waals surface area contributed by atoms with Crippen LogP contribution in [-0.4, -0.2) is 33.3 Å². The third-order valence-corrected chi connectivity index (χ3v) is 11.2. The van der Waals surface area contributed by atoms with Crippen LogP contribution in [0, 0.1) is 11.8 Å². The molecule has 0 spiro atoms. The molecule has 0 amide bonds. The van der Waals surface area contributed by atoms with Crippen molar-refractivity contribution in [2.75, 3.05) is 6.61 Å². The molecule has 154 valence electrons. The van der Waals surface area contributed by atoms with E-state index in [0.29, 0.717) is 18.4 Å². The topological polar surface area (TPSA) is 44.8 Å². The molecular weight excluding hydrogens is 380 g/mol. The molecule has 2 aliphatic rings. The average molecular weight is 411 g/mol. The highest BCUT2D eigenvalue weighted by Crippen LogP contribution is 2.53. The van der Waals surface area contributed by atoms with E-state index < -0.39 is 14.6 Å². The Morgan fingerprint density at radius 3 is 2.03 bits per heavy atom. The lowest BCUT2D eigenvalue weighted by atomic mass is 10.2. The van der Waals surface area contributed by atoms with Gasteiger partial charge in [-0.3, -0.25) is 4.79 Å². The third-order valence-electron chi connectivity index (χ3n) is 6.19. The average Bonchev–Trinajstić information content (AvgIpc) is 3.41. The molecule has 1 heterocycles. The second kappa shape index (κ2) is 7.71. The van der Waals surface area contributed by atoms with Gasteiger partial charge in [0.2, 0.25) is 6.29 Å². The molecule has 4 nitrogen and oxygen atoms in total. The summed E-state index contributed by atoms with van der Waals surface area (Å²) >= 11 is 0. The maximum absolute atomic E-state index is 11.4. The van der Waals surface area contributed by atoms with Crippen LogP contribution in [0.1, 0.15) is 34.1 Å². The number of fused-ring (bicyclic) bond motifs is 1. The van der Waals surface area contributed by atoms with E-state index in [-0.39, 0.29) is 17.1 Å². The molecule has 0 N–H and O–H groups in total. The summed E-state index contributed by atoms with van der Waals surface area (Å²) in [6, 6.07) is 21.3. The van der Waals surface area contributed by atoms with Crippen molar-refractivity contribution in [2.45, 2.75) is 51.5 Å². The van der Waals surface area contributed by atoms with Crippen LogP contribution in [0.5, 0.6) is 0 Å². The van der Waals surface area contributed by atoms with Crippen molar-refractivity contribution in [2.24, 2.45) is 11.8 Å². The van der Waals surface area contributed by atoms with Crippen LogP contribution in [0.3, 0.4) is 0 Å². The first kappa shape index (κ1) is 20.3. The zero-order valence-electron chi connectivity index (χ0n) is 17.6. The maximum atomic E-state index is 11.4. The van der Waals surface area contributed by atoms with Crippen molar-refractivity contribution >= 4 is 24.7 Å². The van der Waals surface area contributed by atoms with Gasteiger partial charge in [-0.15, -0.1) is 0 Å². The summed E-state index contributed by atoms with van der Waals surface area (Å²) in [6.07, 6.45) is 0.614. The van der Waals surface area contributed by atoms with Crippen LogP contribution in [0.2, 0.25) is 5.04 Å². The molecule has 1 aliphatic carbocycles. The van der Waals surface area contributed by atoms with Gasteiger partial charge in [-0.25, -0.2) is 0 Å². The molecule has 2 aromatic carbocycles. The van der Waals surface area contributed by atoms with Crippen LogP contribution in [0.15, 0.2) is 60.7 Å². The van der Waals surface area contributed by atoms with Gasteiger partial charge in [-0.2, -0.15) is 0 Å². The van der Waals surface area contributed by atoms with Gasteiger partial charge in [0.05, 0.1) is 12.7 Å². The van der Waals surface area contributed by atoms with Crippen LogP contribution in [-0.2, 0) is 18.7 Å². The zero-order chi connectivity index (χ0) is 20.6. The first-order chi connectivity index (χ1) is 13.8. The molecule has 29 heavy (non-hydrogen) atoms. The molecule has 0 radical (unpaired) electrons. The highest BCUT2D eigenvalue weighted by Gasteiger charge is 2.59. The normalized spacial score (nSPS) is 26.1. The van der Waals surface area contributed by atoms with Crippen molar-refractivity contribution < 1.29 is 18.7 Å². The predicted molar refractivity (Wildman–Crippen MR) is 116 cm³/mol. The van der Waals surface area contributed by atoms with Gasteiger partial charge in [-0.1, -0.05) is 81.4 Å². The van der Waals surface area contributed by atoms with E-state index in [2.05, 4.69) is 81.4 Å².